The summed E-state index contributed by atoms with van der Waals surface area (Å²) in [5.41, 5.74) is -0.144. The average Bonchev–Trinajstić information content (AvgIpc) is 1.97. The lowest BCUT2D eigenvalue weighted by Gasteiger charge is -2.17. The van der Waals surface area contributed by atoms with Crippen LogP contribution in [0.25, 0.3) is 0 Å². The first-order valence-corrected chi connectivity index (χ1v) is 4.42. The van der Waals surface area contributed by atoms with E-state index in [0.29, 0.717) is 0 Å². The lowest BCUT2D eigenvalue weighted by Crippen LogP contribution is -2.23. The van der Waals surface area contributed by atoms with Gasteiger partial charge >= 0.3 is 5.97 Å². The van der Waals surface area contributed by atoms with Gasteiger partial charge in [-0.25, -0.2) is 4.79 Å². The average molecular weight is 192 g/mol. The minimum Gasteiger partial charge on any atom is -0.463 e. The molecule has 0 spiro atoms. The largest absolute Gasteiger partial charge is 0.463 e. The second-order valence-electron chi connectivity index (χ2n) is 3.65. The van der Waals surface area contributed by atoms with Gasteiger partial charge in [0.2, 0.25) is 5.85 Å². The maximum Gasteiger partial charge on any atom is 0.347 e. The fourth-order valence-corrected chi connectivity index (χ4v) is 0.566. The van der Waals surface area contributed by atoms with Crippen LogP contribution in [0.1, 0.15) is 20.8 Å². The van der Waals surface area contributed by atoms with Gasteiger partial charge in [-0.1, -0.05) is 20.8 Å². The van der Waals surface area contributed by atoms with Crippen molar-refractivity contribution in [3.63, 3.8) is 0 Å². The third-order valence-electron chi connectivity index (χ3n) is 0.958. The van der Waals surface area contributed by atoms with Gasteiger partial charge in [0.25, 0.3) is 0 Å². The molecule has 0 aromatic rings. The van der Waals surface area contributed by atoms with E-state index < -0.39 is 20.3 Å². The van der Waals surface area contributed by atoms with E-state index in [9.17, 15) is 9.36 Å². The van der Waals surface area contributed by atoms with E-state index in [-0.39, 0.29) is 12.0 Å². The minimum atomic E-state index is -1.55. The van der Waals surface area contributed by atoms with Crippen LogP contribution in [-0.2, 0) is 14.1 Å². The molecule has 1 atom stereocenters. The van der Waals surface area contributed by atoms with Gasteiger partial charge in [0.1, 0.15) is 0 Å². The Labute approximate surface area is 73.1 Å². The van der Waals surface area contributed by atoms with E-state index in [1.807, 2.05) is 20.8 Å². The predicted molar refractivity (Wildman–Crippen MR) is 44.0 cm³/mol. The summed E-state index contributed by atoms with van der Waals surface area (Å²) in [4.78, 5) is 10.7. The number of aliphatic hydroxyl groups excluding tert-OH is 1. The van der Waals surface area contributed by atoms with Gasteiger partial charge in [-0.3, -0.25) is 4.57 Å². The number of ether oxygens (including phenoxy) is 1. The summed E-state index contributed by atoms with van der Waals surface area (Å²) in [6, 6.07) is 0. The third-order valence-corrected chi connectivity index (χ3v) is 1.37. The van der Waals surface area contributed by atoms with Gasteiger partial charge in [-0.15, -0.1) is 0 Å². The quantitative estimate of drug-likeness (QED) is 0.538. The molecule has 1 N–H and O–H groups in total. The molecule has 0 aliphatic carbocycles. The first-order chi connectivity index (χ1) is 5.37. The molecule has 4 nitrogen and oxygen atoms in total. The maximum atomic E-state index is 10.7. The summed E-state index contributed by atoms with van der Waals surface area (Å²) in [5, 5.41) is 8.72. The molecule has 0 aromatic heterocycles. The van der Waals surface area contributed by atoms with Crippen LogP contribution < -0.4 is 0 Å². The molecule has 0 radical (unpaired) electrons. The first kappa shape index (κ1) is 11.5. The monoisotopic (exact) mass is 192 g/mol. The highest BCUT2D eigenvalue weighted by atomic mass is 31.1. The van der Waals surface area contributed by atoms with Crippen molar-refractivity contribution in [2.45, 2.75) is 26.6 Å². The fraction of sp³-hybridized carbons (Fsp3) is 0.857. The molecule has 0 heterocycles. The topological polar surface area (TPSA) is 63.6 Å². The standard InChI is InChI=1S/C7H13O4P/c1-7(2,3)4-11-5(8)6(9)12-10/h6,9H,4H2,1-3H3. The summed E-state index contributed by atoms with van der Waals surface area (Å²) in [5.74, 6) is -2.39. The van der Waals surface area contributed by atoms with Crippen molar-refractivity contribution in [3.8, 4) is 0 Å². The van der Waals surface area contributed by atoms with Gasteiger partial charge in [0.15, 0.2) is 8.46 Å². The van der Waals surface area contributed by atoms with Crippen LogP contribution in [-0.4, -0.2) is 23.5 Å². The summed E-state index contributed by atoms with van der Waals surface area (Å²) < 4.78 is 14.7. The molecular formula is C7H13O4P. The van der Waals surface area contributed by atoms with Crippen LogP contribution in [0, 0.1) is 5.41 Å². The normalized spacial score (nSPS) is 14.3. The Morgan fingerprint density at radius 1 is 1.58 bits per heavy atom. The molecule has 5 heteroatoms. The molecule has 0 saturated carbocycles. The molecule has 0 aliphatic heterocycles. The van der Waals surface area contributed by atoms with Crippen LogP contribution >= 0.6 is 8.46 Å². The van der Waals surface area contributed by atoms with Gasteiger partial charge in [0, 0.05) is 0 Å². The lowest BCUT2D eigenvalue weighted by molar-refractivity contribution is -0.151. The molecule has 0 aromatic carbocycles. The van der Waals surface area contributed by atoms with E-state index >= 15 is 0 Å². The van der Waals surface area contributed by atoms with Crippen LogP contribution in [0.2, 0.25) is 0 Å². The number of aliphatic hydroxyl groups is 1. The van der Waals surface area contributed by atoms with Crippen LogP contribution in [0.15, 0.2) is 0 Å². The first-order valence-electron chi connectivity index (χ1n) is 3.54. The number of hydrogen-bond acceptors (Lipinski definition) is 4. The van der Waals surface area contributed by atoms with E-state index in [4.69, 9.17) is 5.11 Å². The zero-order valence-electron chi connectivity index (χ0n) is 7.40. The van der Waals surface area contributed by atoms with Gasteiger partial charge in [-0.05, 0) is 5.41 Å². The van der Waals surface area contributed by atoms with Crippen LogP contribution in [0.5, 0.6) is 0 Å². The number of hydrogen-bond donors (Lipinski definition) is 1. The van der Waals surface area contributed by atoms with E-state index in [2.05, 4.69) is 4.74 Å². The minimum absolute atomic E-state index is 0.144. The van der Waals surface area contributed by atoms with Crippen molar-refractivity contribution in [1.29, 1.82) is 0 Å². The molecule has 70 valence electrons. The second kappa shape index (κ2) is 4.53. The van der Waals surface area contributed by atoms with E-state index in [0.717, 1.165) is 0 Å². The molecular weight excluding hydrogens is 179 g/mol. The summed E-state index contributed by atoms with van der Waals surface area (Å²) in [6.07, 6.45) is 0. The predicted octanol–water partition coefficient (Wildman–Crippen LogP) is 1.19. The Morgan fingerprint density at radius 3 is 2.42 bits per heavy atom. The SMILES string of the molecule is CC(C)(C)COC(=O)C(O)P=O. The number of rotatable bonds is 3. The molecule has 0 aliphatic rings. The molecule has 0 fully saturated rings. The van der Waals surface area contributed by atoms with Gasteiger partial charge < -0.3 is 9.84 Å². The molecule has 0 rings (SSSR count). The van der Waals surface area contributed by atoms with Gasteiger partial charge in [0.05, 0.1) is 6.61 Å². The van der Waals surface area contributed by atoms with Crippen molar-refractivity contribution in [3.05, 3.63) is 0 Å². The van der Waals surface area contributed by atoms with Crippen molar-refractivity contribution >= 4 is 14.4 Å². The Hall–Kier alpha value is -0.470. The highest BCUT2D eigenvalue weighted by Gasteiger charge is 2.19. The van der Waals surface area contributed by atoms with Crippen molar-refractivity contribution < 1.29 is 19.2 Å². The number of carbonyl (C=O) groups is 1. The zero-order valence-corrected chi connectivity index (χ0v) is 8.30. The van der Waals surface area contributed by atoms with Crippen LogP contribution in [0.3, 0.4) is 0 Å². The third kappa shape index (κ3) is 5.22. The summed E-state index contributed by atoms with van der Waals surface area (Å²) in [6.45, 7) is 5.88. The van der Waals surface area contributed by atoms with Crippen molar-refractivity contribution in [2.75, 3.05) is 6.61 Å². The maximum absolute atomic E-state index is 10.7. The Morgan fingerprint density at radius 2 is 2.08 bits per heavy atom. The highest BCUT2D eigenvalue weighted by Crippen LogP contribution is 2.14. The summed E-state index contributed by atoms with van der Waals surface area (Å²) >= 11 is 0. The molecule has 1 unspecified atom stereocenters. The Balaban J connectivity index is 3.80. The molecule has 0 bridgehead atoms. The van der Waals surface area contributed by atoms with Crippen molar-refractivity contribution in [1.82, 2.24) is 0 Å². The lowest BCUT2D eigenvalue weighted by atomic mass is 9.99. The van der Waals surface area contributed by atoms with Gasteiger partial charge in [-0.2, -0.15) is 0 Å². The zero-order chi connectivity index (χ0) is 9.78. The van der Waals surface area contributed by atoms with Crippen molar-refractivity contribution in [2.24, 2.45) is 5.41 Å². The highest BCUT2D eigenvalue weighted by molar-refractivity contribution is 7.26. The van der Waals surface area contributed by atoms with E-state index in [1.54, 1.807) is 0 Å². The molecule has 0 amide bonds. The molecule has 0 saturated heterocycles. The second-order valence-corrected chi connectivity index (χ2v) is 4.35. The molecule has 12 heavy (non-hydrogen) atoms. The smallest absolute Gasteiger partial charge is 0.347 e. The fourth-order valence-electron chi connectivity index (χ4n) is 0.405. The number of carbonyl (C=O) groups excluding carboxylic acids is 1. The summed E-state index contributed by atoms with van der Waals surface area (Å²) in [7, 11) is -0.625. The van der Waals surface area contributed by atoms with E-state index in [1.165, 1.54) is 0 Å². The van der Waals surface area contributed by atoms with Crippen LogP contribution in [0.4, 0.5) is 0 Å². The Kier molecular flexibility index (Phi) is 4.35. The number of esters is 1. The Bertz CT molecular complexity index is 173.